The Kier molecular flexibility index (Phi) is 1.95. The van der Waals surface area contributed by atoms with Crippen molar-refractivity contribution < 1.29 is 4.74 Å². The Morgan fingerprint density at radius 1 is 1.14 bits per heavy atom. The van der Waals surface area contributed by atoms with Crippen molar-refractivity contribution in [2.45, 2.75) is 0 Å². The summed E-state index contributed by atoms with van der Waals surface area (Å²) in [6.07, 6.45) is 0. The molecule has 2 heteroatoms. The highest BCUT2D eigenvalue weighted by atomic mass is 16.5. The molecule has 1 saturated heterocycles. The number of hydrogen-bond acceptors (Lipinski definition) is 1. The van der Waals surface area contributed by atoms with E-state index in [0.717, 1.165) is 43.2 Å². The summed E-state index contributed by atoms with van der Waals surface area (Å²) in [5.41, 5.74) is 0. The smallest absolute Gasteiger partial charge is 0.119 e. The van der Waals surface area contributed by atoms with Crippen LogP contribution in [0.25, 0.3) is 0 Å². The lowest BCUT2D eigenvalue weighted by Gasteiger charge is -2.06. The van der Waals surface area contributed by atoms with Crippen LogP contribution >= 0.6 is 0 Å². The predicted octanol–water partition coefficient (Wildman–Crippen LogP) is 1.55. The fourth-order valence-electron chi connectivity index (χ4n) is 2.39. The Labute approximate surface area is 84.3 Å². The molecule has 0 amide bonds. The predicted molar refractivity (Wildman–Crippen MR) is 54.3 cm³/mol. The quantitative estimate of drug-likeness (QED) is 0.705. The number of fused-ring (bicyclic) bond motifs is 1. The third-order valence-electron chi connectivity index (χ3n) is 3.37. The van der Waals surface area contributed by atoms with Gasteiger partial charge in [0.1, 0.15) is 5.75 Å². The number of piperidine rings is 1. The van der Waals surface area contributed by atoms with E-state index >= 15 is 0 Å². The van der Waals surface area contributed by atoms with E-state index in [1.165, 1.54) is 0 Å². The van der Waals surface area contributed by atoms with Gasteiger partial charge in [-0.05, 0) is 24.0 Å². The fourth-order valence-corrected chi connectivity index (χ4v) is 2.39. The molecule has 0 spiro atoms. The fraction of sp³-hybridized carbons (Fsp3) is 0.500. The van der Waals surface area contributed by atoms with E-state index in [9.17, 15) is 0 Å². The molecule has 0 unspecified atom stereocenters. The molecule has 14 heavy (non-hydrogen) atoms. The van der Waals surface area contributed by atoms with E-state index in [1.807, 2.05) is 30.3 Å². The average Bonchev–Trinajstić information content (AvgIpc) is 2.69. The lowest BCUT2D eigenvalue weighted by molar-refractivity contribution is 0.280. The van der Waals surface area contributed by atoms with Crippen LogP contribution in [0.5, 0.6) is 5.75 Å². The SMILES string of the molecule is c1ccc(OC[C@H]2[C@@H]3C[N]C[C@@H]32)cc1. The van der Waals surface area contributed by atoms with Gasteiger partial charge in [-0.25, -0.2) is 5.32 Å². The monoisotopic (exact) mass is 188 g/mol. The van der Waals surface area contributed by atoms with Crippen molar-refractivity contribution in [1.29, 1.82) is 0 Å². The second-order valence-corrected chi connectivity index (χ2v) is 4.20. The molecule has 0 N–H and O–H groups in total. The number of para-hydroxylation sites is 1. The van der Waals surface area contributed by atoms with E-state index in [-0.39, 0.29) is 0 Å². The van der Waals surface area contributed by atoms with E-state index in [0.29, 0.717) is 0 Å². The third-order valence-corrected chi connectivity index (χ3v) is 3.37. The first-order valence-electron chi connectivity index (χ1n) is 5.26. The van der Waals surface area contributed by atoms with Gasteiger partial charge in [0.05, 0.1) is 6.61 Å². The highest BCUT2D eigenvalue weighted by Crippen LogP contribution is 2.49. The maximum Gasteiger partial charge on any atom is 0.119 e. The van der Waals surface area contributed by atoms with Gasteiger partial charge in [-0.15, -0.1) is 0 Å². The van der Waals surface area contributed by atoms with Crippen LogP contribution in [0.3, 0.4) is 0 Å². The number of nitrogens with zero attached hydrogens (tertiary/aromatic N) is 1. The van der Waals surface area contributed by atoms with Gasteiger partial charge in [-0.2, -0.15) is 0 Å². The molecule has 1 heterocycles. The molecule has 2 nitrogen and oxygen atoms in total. The van der Waals surface area contributed by atoms with Gasteiger partial charge in [-0.1, -0.05) is 18.2 Å². The maximum atomic E-state index is 5.72. The Balaban J connectivity index is 1.52. The summed E-state index contributed by atoms with van der Waals surface area (Å²) in [5.74, 6) is 3.47. The molecule has 1 aromatic rings. The summed E-state index contributed by atoms with van der Waals surface area (Å²) in [7, 11) is 0. The van der Waals surface area contributed by atoms with Gasteiger partial charge < -0.3 is 4.74 Å². The van der Waals surface area contributed by atoms with Crippen LogP contribution in [-0.2, 0) is 0 Å². The number of ether oxygens (including phenoxy) is 1. The Bertz CT molecular complexity index is 301. The van der Waals surface area contributed by atoms with Crippen LogP contribution in [0.2, 0.25) is 0 Å². The first-order valence-corrected chi connectivity index (χ1v) is 5.26. The maximum absolute atomic E-state index is 5.72. The van der Waals surface area contributed by atoms with Gasteiger partial charge in [0.25, 0.3) is 0 Å². The van der Waals surface area contributed by atoms with Crippen molar-refractivity contribution in [3.8, 4) is 5.75 Å². The van der Waals surface area contributed by atoms with Crippen molar-refractivity contribution in [3.63, 3.8) is 0 Å². The molecule has 0 aromatic heterocycles. The second kappa shape index (κ2) is 3.28. The Morgan fingerprint density at radius 2 is 1.86 bits per heavy atom. The minimum absolute atomic E-state index is 0.785. The van der Waals surface area contributed by atoms with Crippen LogP contribution in [0.1, 0.15) is 0 Å². The van der Waals surface area contributed by atoms with Crippen LogP contribution in [0.4, 0.5) is 0 Å². The molecule has 3 rings (SSSR count). The first-order chi connectivity index (χ1) is 6.95. The van der Waals surface area contributed by atoms with Crippen molar-refractivity contribution >= 4 is 0 Å². The van der Waals surface area contributed by atoms with Crippen molar-refractivity contribution in [2.75, 3.05) is 19.7 Å². The van der Waals surface area contributed by atoms with Gasteiger partial charge in [-0.3, -0.25) is 0 Å². The molecular formula is C12H14NO. The highest BCUT2D eigenvalue weighted by molar-refractivity contribution is 5.21. The summed E-state index contributed by atoms with van der Waals surface area (Å²) in [6.45, 7) is 3.04. The van der Waals surface area contributed by atoms with E-state index in [2.05, 4.69) is 5.32 Å². The Morgan fingerprint density at radius 3 is 2.57 bits per heavy atom. The second-order valence-electron chi connectivity index (χ2n) is 4.20. The summed E-state index contributed by atoms with van der Waals surface area (Å²) < 4.78 is 5.72. The molecule has 2 fully saturated rings. The zero-order valence-electron chi connectivity index (χ0n) is 8.10. The van der Waals surface area contributed by atoms with Crippen molar-refractivity contribution in [1.82, 2.24) is 5.32 Å². The van der Waals surface area contributed by atoms with Gasteiger partial charge in [0, 0.05) is 19.0 Å². The van der Waals surface area contributed by atoms with Crippen LogP contribution in [0.15, 0.2) is 30.3 Å². The molecule has 3 atom stereocenters. The average molecular weight is 188 g/mol. The number of benzene rings is 1. The molecule has 1 aliphatic heterocycles. The summed E-state index contributed by atoms with van der Waals surface area (Å²) in [5, 5.41) is 4.36. The van der Waals surface area contributed by atoms with Crippen molar-refractivity contribution in [3.05, 3.63) is 30.3 Å². The molecule has 1 aromatic carbocycles. The van der Waals surface area contributed by atoms with Crippen LogP contribution < -0.4 is 10.1 Å². The van der Waals surface area contributed by atoms with E-state index in [1.54, 1.807) is 0 Å². The van der Waals surface area contributed by atoms with Gasteiger partial charge >= 0.3 is 0 Å². The van der Waals surface area contributed by atoms with Crippen LogP contribution in [-0.4, -0.2) is 19.7 Å². The molecule has 1 aliphatic carbocycles. The summed E-state index contributed by atoms with van der Waals surface area (Å²) in [4.78, 5) is 0. The minimum Gasteiger partial charge on any atom is -0.493 e. The zero-order valence-corrected chi connectivity index (χ0v) is 8.10. The van der Waals surface area contributed by atoms with Gasteiger partial charge in [0.2, 0.25) is 0 Å². The first kappa shape index (κ1) is 8.30. The topological polar surface area (TPSA) is 23.3 Å². The van der Waals surface area contributed by atoms with Gasteiger partial charge in [0.15, 0.2) is 0 Å². The summed E-state index contributed by atoms with van der Waals surface area (Å²) >= 11 is 0. The van der Waals surface area contributed by atoms with E-state index < -0.39 is 0 Å². The zero-order chi connectivity index (χ0) is 9.38. The van der Waals surface area contributed by atoms with E-state index in [4.69, 9.17) is 4.74 Å². The lowest BCUT2D eigenvalue weighted by atomic mass is 10.3. The molecule has 1 saturated carbocycles. The Hall–Kier alpha value is -1.02. The highest BCUT2D eigenvalue weighted by Gasteiger charge is 2.53. The minimum atomic E-state index is 0.785. The lowest BCUT2D eigenvalue weighted by Crippen LogP contribution is -2.12. The normalized spacial score (nSPS) is 33.9. The van der Waals surface area contributed by atoms with Crippen LogP contribution in [0, 0.1) is 17.8 Å². The molecule has 0 bridgehead atoms. The standard InChI is InChI=1S/C12H14NO/c1-2-4-9(5-3-1)14-8-12-10-6-13-7-11(10)12/h1-5,10-12H,6-8H2/t10-,11+,12+. The van der Waals surface area contributed by atoms with Crippen molar-refractivity contribution in [2.24, 2.45) is 17.8 Å². The molecule has 1 radical (unpaired) electrons. The molecule has 2 aliphatic rings. The third kappa shape index (κ3) is 1.40. The number of hydrogen-bond donors (Lipinski definition) is 0. The largest absolute Gasteiger partial charge is 0.493 e. The molecule has 73 valence electrons. The number of rotatable bonds is 3. The molecular weight excluding hydrogens is 174 g/mol. The summed E-state index contributed by atoms with van der Waals surface area (Å²) in [6, 6.07) is 10.1.